The van der Waals surface area contributed by atoms with Gasteiger partial charge in [-0.25, -0.2) is 0 Å². The fourth-order valence-electron chi connectivity index (χ4n) is 0.857. The maximum atomic E-state index is 11.2. The standard InChI is InChI=1S/C8H17NO2/c1-4-9(5-2)8(10)7-11-6-3/h4-7H2,1-3H3. The van der Waals surface area contributed by atoms with Crippen molar-refractivity contribution in [3.05, 3.63) is 0 Å². The number of likely N-dealkylation sites (N-methyl/N-ethyl adjacent to an activating group) is 1. The summed E-state index contributed by atoms with van der Waals surface area (Å²) in [6.45, 7) is 8.17. The van der Waals surface area contributed by atoms with Gasteiger partial charge in [0.05, 0.1) is 0 Å². The Bertz CT molecular complexity index is 111. The highest BCUT2D eigenvalue weighted by Crippen LogP contribution is 1.89. The van der Waals surface area contributed by atoms with Crippen LogP contribution in [0.15, 0.2) is 0 Å². The van der Waals surface area contributed by atoms with E-state index in [1.807, 2.05) is 20.8 Å². The van der Waals surface area contributed by atoms with Crippen LogP contribution in [-0.4, -0.2) is 37.1 Å². The topological polar surface area (TPSA) is 29.5 Å². The van der Waals surface area contributed by atoms with Crippen molar-refractivity contribution in [1.29, 1.82) is 0 Å². The highest BCUT2D eigenvalue weighted by atomic mass is 16.5. The molecule has 0 unspecified atom stereocenters. The Balaban J connectivity index is 3.61. The molecule has 3 nitrogen and oxygen atoms in total. The second-order valence-corrected chi connectivity index (χ2v) is 2.20. The zero-order valence-electron chi connectivity index (χ0n) is 7.59. The van der Waals surface area contributed by atoms with Crippen LogP contribution in [0.4, 0.5) is 0 Å². The molecule has 0 radical (unpaired) electrons. The molecule has 0 saturated carbocycles. The third kappa shape index (κ3) is 3.98. The molecule has 0 aliphatic carbocycles. The summed E-state index contributed by atoms with van der Waals surface area (Å²) in [5.41, 5.74) is 0. The minimum Gasteiger partial charge on any atom is -0.372 e. The lowest BCUT2D eigenvalue weighted by atomic mass is 10.5. The molecule has 0 saturated heterocycles. The van der Waals surface area contributed by atoms with E-state index in [-0.39, 0.29) is 12.5 Å². The van der Waals surface area contributed by atoms with Crippen LogP contribution in [0.5, 0.6) is 0 Å². The quantitative estimate of drug-likeness (QED) is 0.596. The number of hydrogen-bond acceptors (Lipinski definition) is 2. The number of rotatable bonds is 5. The summed E-state index contributed by atoms with van der Waals surface area (Å²) in [4.78, 5) is 12.9. The molecule has 0 spiro atoms. The number of hydrogen-bond donors (Lipinski definition) is 0. The predicted molar refractivity (Wildman–Crippen MR) is 44.4 cm³/mol. The molecule has 0 aromatic rings. The van der Waals surface area contributed by atoms with E-state index in [0.717, 1.165) is 13.1 Å². The molecular formula is C8H17NO2. The molecule has 0 aliphatic heterocycles. The first-order valence-corrected chi connectivity index (χ1v) is 4.11. The number of carbonyl (C=O) groups excluding carboxylic acids is 1. The fourth-order valence-corrected chi connectivity index (χ4v) is 0.857. The van der Waals surface area contributed by atoms with Crippen LogP contribution in [0.25, 0.3) is 0 Å². The minimum absolute atomic E-state index is 0.0804. The van der Waals surface area contributed by atoms with E-state index < -0.39 is 0 Å². The van der Waals surface area contributed by atoms with Crippen LogP contribution in [0.2, 0.25) is 0 Å². The molecule has 0 bridgehead atoms. The summed E-state index contributed by atoms with van der Waals surface area (Å²) in [5.74, 6) is 0.0804. The van der Waals surface area contributed by atoms with Gasteiger partial charge < -0.3 is 9.64 Å². The highest BCUT2D eigenvalue weighted by Gasteiger charge is 2.07. The van der Waals surface area contributed by atoms with E-state index in [1.165, 1.54) is 0 Å². The van der Waals surface area contributed by atoms with Crippen LogP contribution >= 0.6 is 0 Å². The molecule has 0 rings (SSSR count). The van der Waals surface area contributed by atoms with Gasteiger partial charge in [-0.1, -0.05) is 0 Å². The van der Waals surface area contributed by atoms with Crippen molar-refractivity contribution >= 4 is 5.91 Å². The van der Waals surface area contributed by atoms with Crippen molar-refractivity contribution in [1.82, 2.24) is 4.90 Å². The number of nitrogens with zero attached hydrogens (tertiary/aromatic N) is 1. The van der Waals surface area contributed by atoms with Gasteiger partial charge in [0.2, 0.25) is 5.91 Å². The van der Waals surface area contributed by atoms with Gasteiger partial charge in [0, 0.05) is 19.7 Å². The Morgan fingerprint density at radius 1 is 1.27 bits per heavy atom. The second-order valence-electron chi connectivity index (χ2n) is 2.20. The van der Waals surface area contributed by atoms with Gasteiger partial charge in [-0.2, -0.15) is 0 Å². The van der Waals surface area contributed by atoms with Gasteiger partial charge in [-0.05, 0) is 20.8 Å². The average Bonchev–Trinajstić information content (AvgIpc) is 2.03. The van der Waals surface area contributed by atoms with Crippen molar-refractivity contribution in [3.8, 4) is 0 Å². The lowest BCUT2D eigenvalue weighted by molar-refractivity contribution is -0.135. The molecule has 3 heteroatoms. The summed E-state index contributed by atoms with van der Waals surface area (Å²) >= 11 is 0. The van der Waals surface area contributed by atoms with E-state index in [4.69, 9.17) is 4.74 Å². The second kappa shape index (κ2) is 6.16. The molecule has 11 heavy (non-hydrogen) atoms. The van der Waals surface area contributed by atoms with E-state index in [9.17, 15) is 4.79 Å². The van der Waals surface area contributed by atoms with E-state index in [0.29, 0.717) is 6.61 Å². The third-order valence-electron chi connectivity index (χ3n) is 1.55. The van der Waals surface area contributed by atoms with Gasteiger partial charge in [0.25, 0.3) is 0 Å². The highest BCUT2D eigenvalue weighted by molar-refractivity contribution is 5.77. The third-order valence-corrected chi connectivity index (χ3v) is 1.55. The Hall–Kier alpha value is -0.570. The Morgan fingerprint density at radius 2 is 1.82 bits per heavy atom. The lowest BCUT2D eigenvalue weighted by Gasteiger charge is -2.17. The maximum absolute atomic E-state index is 11.2. The number of carbonyl (C=O) groups is 1. The van der Waals surface area contributed by atoms with Crippen LogP contribution in [-0.2, 0) is 9.53 Å². The molecule has 66 valence electrons. The Kier molecular flexibility index (Phi) is 5.84. The minimum atomic E-state index is 0.0804. The number of ether oxygens (including phenoxy) is 1. The Labute approximate surface area is 68.3 Å². The summed E-state index contributed by atoms with van der Waals surface area (Å²) in [6, 6.07) is 0. The van der Waals surface area contributed by atoms with Crippen LogP contribution in [0.1, 0.15) is 20.8 Å². The van der Waals surface area contributed by atoms with Crippen molar-refractivity contribution < 1.29 is 9.53 Å². The zero-order chi connectivity index (χ0) is 8.69. The van der Waals surface area contributed by atoms with Crippen molar-refractivity contribution in [2.45, 2.75) is 20.8 Å². The average molecular weight is 159 g/mol. The van der Waals surface area contributed by atoms with Gasteiger partial charge in [-0.15, -0.1) is 0 Å². The largest absolute Gasteiger partial charge is 0.372 e. The van der Waals surface area contributed by atoms with E-state index in [2.05, 4.69) is 0 Å². The predicted octanol–water partition coefficient (Wildman–Crippen LogP) is 0.891. The summed E-state index contributed by atoms with van der Waals surface area (Å²) in [5, 5.41) is 0. The first-order valence-electron chi connectivity index (χ1n) is 4.11. The van der Waals surface area contributed by atoms with Gasteiger partial charge in [-0.3, -0.25) is 4.79 Å². The van der Waals surface area contributed by atoms with Gasteiger partial charge >= 0.3 is 0 Å². The Morgan fingerprint density at radius 3 is 2.18 bits per heavy atom. The summed E-state index contributed by atoms with van der Waals surface area (Å²) in [6.07, 6.45) is 0. The SMILES string of the molecule is CCOCC(=O)N(CC)CC. The van der Waals surface area contributed by atoms with Crippen molar-refractivity contribution in [2.75, 3.05) is 26.3 Å². The van der Waals surface area contributed by atoms with Gasteiger partial charge in [0.1, 0.15) is 6.61 Å². The molecule has 0 fully saturated rings. The van der Waals surface area contributed by atoms with Crippen LogP contribution in [0, 0.1) is 0 Å². The van der Waals surface area contributed by atoms with Crippen LogP contribution < -0.4 is 0 Å². The lowest BCUT2D eigenvalue weighted by Crippen LogP contribution is -2.33. The van der Waals surface area contributed by atoms with Gasteiger partial charge in [0.15, 0.2) is 0 Å². The molecule has 0 N–H and O–H groups in total. The smallest absolute Gasteiger partial charge is 0.248 e. The molecule has 0 heterocycles. The van der Waals surface area contributed by atoms with Crippen molar-refractivity contribution in [2.24, 2.45) is 0 Å². The number of amides is 1. The van der Waals surface area contributed by atoms with E-state index >= 15 is 0 Å². The fraction of sp³-hybridized carbons (Fsp3) is 0.875. The van der Waals surface area contributed by atoms with Crippen molar-refractivity contribution in [3.63, 3.8) is 0 Å². The van der Waals surface area contributed by atoms with Crippen LogP contribution in [0.3, 0.4) is 0 Å². The molecule has 0 aromatic carbocycles. The maximum Gasteiger partial charge on any atom is 0.248 e. The molecule has 1 amide bonds. The first-order chi connectivity index (χ1) is 5.26. The molecule has 0 atom stereocenters. The molecule has 0 aromatic heterocycles. The molecule has 0 aliphatic rings. The normalized spacial score (nSPS) is 9.73. The first kappa shape index (κ1) is 10.4. The van der Waals surface area contributed by atoms with E-state index in [1.54, 1.807) is 4.90 Å². The summed E-state index contributed by atoms with van der Waals surface area (Å²) < 4.78 is 4.99. The zero-order valence-corrected chi connectivity index (χ0v) is 7.59. The monoisotopic (exact) mass is 159 g/mol. The molecular weight excluding hydrogens is 142 g/mol. The summed E-state index contributed by atoms with van der Waals surface area (Å²) in [7, 11) is 0.